The molecule has 0 fully saturated rings. The first-order chi connectivity index (χ1) is 13.1. The number of para-hydroxylation sites is 1. The van der Waals surface area contributed by atoms with Crippen molar-refractivity contribution >= 4 is 22.6 Å². The van der Waals surface area contributed by atoms with Gasteiger partial charge in [0.1, 0.15) is 0 Å². The van der Waals surface area contributed by atoms with E-state index < -0.39 is 0 Å². The third-order valence-electron chi connectivity index (χ3n) is 4.60. The van der Waals surface area contributed by atoms with Crippen molar-refractivity contribution in [2.24, 2.45) is 0 Å². The molecule has 0 spiro atoms. The number of Topliss-reactive ketones (excluding diaryl/α,β-unsaturated/α-hetero) is 1. The first kappa shape index (κ1) is 18.9. The highest BCUT2D eigenvalue weighted by Crippen LogP contribution is 2.30. The molecule has 1 aromatic heterocycles. The molecule has 0 saturated carbocycles. The molecule has 0 atom stereocenters. The molecule has 1 amide bonds. The minimum absolute atomic E-state index is 0.0115. The number of aromatic nitrogens is 1. The molecule has 27 heavy (non-hydrogen) atoms. The van der Waals surface area contributed by atoms with Crippen LogP contribution in [-0.4, -0.2) is 47.8 Å². The number of H-pyrrole nitrogens is 1. The van der Waals surface area contributed by atoms with Gasteiger partial charge < -0.3 is 10.3 Å². The molecule has 0 aliphatic heterocycles. The Morgan fingerprint density at radius 3 is 2.37 bits per heavy atom. The van der Waals surface area contributed by atoms with Crippen molar-refractivity contribution in [3.05, 3.63) is 60.2 Å². The number of hydrogen-bond donors (Lipinski definition) is 2. The van der Waals surface area contributed by atoms with Crippen LogP contribution in [0.15, 0.2) is 54.6 Å². The van der Waals surface area contributed by atoms with Gasteiger partial charge in [0.2, 0.25) is 5.91 Å². The van der Waals surface area contributed by atoms with Crippen LogP contribution in [0.5, 0.6) is 0 Å². The van der Waals surface area contributed by atoms with Crippen molar-refractivity contribution in [1.29, 1.82) is 0 Å². The zero-order valence-electron chi connectivity index (χ0n) is 15.8. The first-order valence-corrected chi connectivity index (χ1v) is 9.32. The van der Waals surface area contributed by atoms with Crippen LogP contribution in [0.1, 0.15) is 24.2 Å². The maximum absolute atomic E-state index is 13.2. The van der Waals surface area contributed by atoms with Gasteiger partial charge in [-0.2, -0.15) is 0 Å². The lowest BCUT2D eigenvalue weighted by molar-refractivity contribution is -0.121. The molecule has 0 bridgehead atoms. The summed E-state index contributed by atoms with van der Waals surface area (Å²) in [6, 6.07) is 17.7. The van der Waals surface area contributed by atoms with Gasteiger partial charge in [-0.3, -0.25) is 14.5 Å². The number of rotatable bonds is 8. The number of carbonyl (C=O) groups excluding carboxylic acids is 2. The number of likely N-dealkylation sites (N-methyl/N-ethyl adjacent to an activating group) is 2. The fourth-order valence-corrected chi connectivity index (χ4v) is 3.27. The summed E-state index contributed by atoms with van der Waals surface area (Å²) in [5, 5.41) is 3.70. The van der Waals surface area contributed by atoms with Crippen LogP contribution in [0, 0.1) is 0 Å². The van der Waals surface area contributed by atoms with Gasteiger partial charge in [-0.05, 0) is 25.1 Å². The summed E-state index contributed by atoms with van der Waals surface area (Å²) in [5.41, 5.74) is 3.43. The molecule has 0 saturated heterocycles. The topological polar surface area (TPSA) is 65.2 Å². The lowest BCUT2D eigenvalue weighted by atomic mass is 10.0. The van der Waals surface area contributed by atoms with Crippen LogP contribution in [0.25, 0.3) is 22.2 Å². The quantitative estimate of drug-likeness (QED) is 0.602. The van der Waals surface area contributed by atoms with Gasteiger partial charge in [0.05, 0.1) is 24.3 Å². The van der Waals surface area contributed by atoms with E-state index >= 15 is 0 Å². The standard InChI is InChI=1S/C22H25N3O2/c1-3-23-20(27)15-25(4-2)14-19(26)21-17-12-8-9-13-18(17)24-22(21)16-10-6-5-7-11-16/h5-13,24H,3-4,14-15H2,1-2H3,(H,23,27). The van der Waals surface area contributed by atoms with Gasteiger partial charge in [0.15, 0.2) is 5.78 Å². The molecular formula is C22H25N3O2. The van der Waals surface area contributed by atoms with E-state index in [1.807, 2.05) is 73.3 Å². The fraction of sp³-hybridized carbons (Fsp3) is 0.273. The van der Waals surface area contributed by atoms with Crippen molar-refractivity contribution in [3.8, 4) is 11.3 Å². The van der Waals surface area contributed by atoms with Crippen molar-refractivity contribution in [2.45, 2.75) is 13.8 Å². The van der Waals surface area contributed by atoms with Crippen LogP contribution in [-0.2, 0) is 4.79 Å². The van der Waals surface area contributed by atoms with Gasteiger partial charge in [0, 0.05) is 17.4 Å². The summed E-state index contributed by atoms with van der Waals surface area (Å²) in [6.45, 7) is 5.49. The minimum Gasteiger partial charge on any atom is -0.355 e. The summed E-state index contributed by atoms with van der Waals surface area (Å²) in [7, 11) is 0. The third kappa shape index (κ3) is 4.26. The van der Waals surface area contributed by atoms with E-state index in [1.165, 1.54) is 0 Å². The van der Waals surface area contributed by atoms with Gasteiger partial charge in [-0.1, -0.05) is 55.5 Å². The smallest absolute Gasteiger partial charge is 0.234 e. The number of carbonyl (C=O) groups is 2. The lowest BCUT2D eigenvalue weighted by Gasteiger charge is -2.19. The molecule has 3 rings (SSSR count). The Morgan fingerprint density at radius 1 is 0.963 bits per heavy atom. The largest absolute Gasteiger partial charge is 0.355 e. The average Bonchev–Trinajstić information content (AvgIpc) is 3.08. The molecule has 0 aliphatic rings. The molecule has 3 aromatic rings. The number of nitrogens with one attached hydrogen (secondary N) is 2. The Balaban J connectivity index is 1.95. The molecule has 5 nitrogen and oxygen atoms in total. The molecule has 0 radical (unpaired) electrons. The van der Waals surface area contributed by atoms with E-state index in [9.17, 15) is 9.59 Å². The van der Waals surface area contributed by atoms with E-state index in [0.29, 0.717) is 18.7 Å². The Labute approximate surface area is 159 Å². The van der Waals surface area contributed by atoms with Crippen LogP contribution in [0.3, 0.4) is 0 Å². The second kappa shape index (κ2) is 8.64. The highest BCUT2D eigenvalue weighted by Gasteiger charge is 2.22. The van der Waals surface area contributed by atoms with Gasteiger partial charge in [-0.15, -0.1) is 0 Å². The maximum Gasteiger partial charge on any atom is 0.234 e. The summed E-state index contributed by atoms with van der Waals surface area (Å²) >= 11 is 0. The van der Waals surface area contributed by atoms with Gasteiger partial charge in [0.25, 0.3) is 0 Å². The molecule has 2 aromatic carbocycles. The Hall–Kier alpha value is -2.92. The lowest BCUT2D eigenvalue weighted by Crippen LogP contribution is -2.39. The number of benzene rings is 2. The minimum atomic E-state index is -0.0608. The molecule has 0 aliphatic carbocycles. The zero-order chi connectivity index (χ0) is 19.2. The second-order valence-electron chi connectivity index (χ2n) is 6.47. The highest BCUT2D eigenvalue weighted by molar-refractivity contribution is 6.14. The molecular weight excluding hydrogens is 338 g/mol. The average molecular weight is 363 g/mol. The number of amides is 1. The Kier molecular flexibility index (Phi) is 6.04. The molecule has 140 valence electrons. The predicted molar refractivity (Wildman–Crippen MR) is 109 cm³/mol. The zero-order valence-corrected chi connectivity index (χ0v) is 15.8. The van der Waals surface area contributed by atoms with Crippen LogP contribution in [0.4, 0.5) is 0 Å². The highest BCUT2D eigenvalue weighted by atomic mass is 16.2. The van der Waals surface area contributed by atoms with Crippen molar-refractivity contribution in [2.75, 3.05) is 26.2 Å². The van der Waals surface area contributed by atoms with E-state index in [1.54, 1.807) is 0 Å². The maximum atomic E-state index is 13.2. The first-order valence-electron chi connectivity index (χ1n) is 9.32. The number of nitrogens with zero attached hydrogens (tertiary/aromatic N) is 1. The Morgan fingerprint density at radius 2 is 1.67 bits per heavy atom. The third-order valence-corrected chi connectivity index (χ3v) is 4.60. The van der Waals surface area contributed by atoms with Crippen molar-refractivity contribution in [3.63, 3.8) is 0 Å². The molecule has 1 heterocycles. The van der Waals surface area contributed by atoms with Crippen LogP contribution in [0.2, 0.25) is 0 Å². The van der Waals surface area contributed by atoms with Crippen molar-refractivity contribution in [1.82, 2.24) is 15.2 Å². The number of fused-ring (bicyclic) bond motifs is 1. The SMILES string of the molecule is CCNC(=O)CN(CC)CC(=O)c1c(-c2ccccc2)[nH]c2ccccc12. The Bertz CT molecular complexity index is 931. The normalized spacial score (nSPS) is 11.1. The summed E-state index contributed by atoms with van der Waals surface area (Å²) < 4.78 is 0. The van der Waals surface area contributed by atoms with Crippen molar-refractivity contribution < 1.29 is 9.59 Å². The molecule has 0 unspecified atom stereocenters. The molecule has 2 N–H and O–H groups in total. The van der Waals surface area contributed by atoms with Gasteiger partial charge in [-0.25, -0.2) is 0 Å². The monoisotopic (exact) mass is 363 g/mol. The number of ketones is 1. The summed E-state index contributed by atoms with van der Waals surface area (Å²) in [5.74, 6) is -0.0492. The number of aromatic amines is 1. The van der Waals surface area contributed by atoms with Gasteiger partial charge >= 0.3 is 0 Å². The van der Waals surface area contributed by atoms with E-state index in [4.69, 9.17) is 0 Å². The number of hydrogen-bond acceptors (Lipinski definition) is 3. The van der Waals surface area contributed by atoms with Crippen LogP contribution >= 0.6 is 0 Å². The van der Waals surface area contributed by atoms with E-state index in [2.05, 4.69) is 10.3 Å². The van der Waals surface area contributed by atoms with E-state index in [-0.39, 0.29) is 24.8 Å². The van der Waals surface area contributed by atoms with Crippen LogP contribution < -0.4 is 5.32 Å². The predicted octanol–water partition coefficient (Wildman–Crippen LogP) is 3.48. The summed E-state index contributed by atoms with van der Waals surface area (Å²) in [6.07, 6.45) is 0. The second-order valence-corrected chi connectivity index (χ2v) is 6.47. The summed E-state index contributed by atoms with van der Waals surface area (Å²) in [4.78, 5) is 30.4. The van der Waals surface area contributed by atoms with E-state index in [0.717, 1.165) is 22.2 Å². The molecule has 5 heteroatoms. The fourth-order valence-electron chi connectivity index (χ4n) is 3.27.